The highest BCUT2D eigenvalue weighted by atomic mass is 19.1. The lowest BCUT2D eigenvalue weighted by atomic mass is 10.00. The molecule has 2 rings (SSSR count). The van der Waals surface area contributed by atoms with Gasteiger partial charge in [0.1, 0.15) is 5.75 Å². The minimum absolute atomic E-state index is 0.270. The standard InChI is InChI=1S/C16H17FO2/c1-11-13(5-4-6-15(11)18-2)9-12-7-8-16(19-3)14(17)10-12/h4-8,10H,9H2,1-3H3. The molecule has 0 spiro atoms. The Morgan fingerprint density at radius 2 is 1.74 bits per heavy atom. The summed E-state index contributed by atoms with van der Waals surface area (Å²) in [4.78, 5) is 0. The second-order valence-electron chi connectivity index (χ2n) is 4.39. The maximum Gasteiger partial charge on any atom is 0.165 e. The lowest BCUT2D eigenvalue weighted by molar-refractivity contribution is 0.386. The van der Waals surface area contributed by atoms with Gasteiger partial charge in [-0.25, -0.2) is 4.39 Å². The molecule has 19 heavy (non-hydrogen) atoms. The highest BCUT2D eigenvalue weighted by molar-refractivity contribution is 5.42. The van der Waals surface area contributed by atoms with Crippen molar-refractivity contribution in [3.63, 3.8) is 0 Å². The van der Waals surface area contributed by atoms with Gasteiger partial charge in [-0.05, 0) is 48.2 Å². The quantitative estimate of drug-likeness (QED) is 0.833. The van der Waals surface area contributed by atoms with Crippen LogP contribution in [0.4, 0.5) is 4.39 Å². The Kier molecular flexibility index (Phi) is 4.05. The van der Waals surface area contributed by atoms with Crippen LogP contribution in [0.15, 0.2) is 36.4 Å². The normalized spacial score (nSPS) is 10.3. The highest BCUT2D eigenvalue weighted by Gasteiger charge is 2.07. The van der Waals surface area contributed by atoms with Crippen molar-refractivity contribution >= 4 is 0 Å². The van der Waals surface area contributed by atoms with Crippen molar-refractivity contribution in [1.82, 2.24) is 0 Å². The van der Waals surface area contributed by atoms with E-state index < -0.39 is 0 Å². The zero-order chi connectivity index (χ0) is 13.8. The molecule has 2 aromatic carbocycles. The molecular formula is C16H17FO2. The van der Waals surface area contributed by atoms with Crippen molar-refractivity contribution in [3.8, 4) is 11.5 Å². The molecule has 0 amide bonds. The van der Waals surface area contributed by atoms with Crippen molar-refractivity contribution in [2.45, 2.75) is 13.3 Å². The van der Waals surface area contributed by atoms with Crippen LogP contribution in [0, 0.1) is 12.7 Å². The largest absolute Gasteiger partial charge is 0.496 e. The molecule has 0 fully saturated rings. The molecule has 0 aliphatic heterocycles. The first-order valence-corrected chi connectivity index (χ1v) is 6.10. The number of benzene rings is 2. The molecule has 0 saturated carbocycles. The Morgan fingerprint density at radius 3 is 2.37 bits per heavy atom. The fourth-order valence-corrected chi connectivity index (χ4v) is 2.11. The van der Waals surface area contributed by atoms with E-state index in [0.29, 0.717) is 6.42 Å². The van der Waals surface area contributed by atoms with E-state index in [1.54, 1.807) is 13.2 Å². The number of hydrogen-bond acceptors (Lipinski definition) is 2. The average Bonchev–Trinajstić information content (AvgIpc) is 2.41. The molecule has 0 heterocycles. The van der Waals surface area contributed by atoms with Gasteiger partial charge < -0.3 is 9.47 Å². The van der Waals surface area contributed by atoms with Gasteiger partial charge >= 0.3 is 0 Å². The third kappa shape index (κ3) is 2.87. The van der Waals surface area contributed by atoms with E-state index in [1.165, 1.54) is 13.2 Å². The van der Waals surface area contributed by atoms with E-state index >= 15 is 0 Å². The maximum absolute atomic E-state index is 13.6. The summed E-state index contributed by atoms with van der Waals surface area (Å²) in [6.45, 7) is 2.01. The van der Waals surface area contributed by atoms with Crippen molar-refractivity contribution in [2.24, 2.45) is 0 Å². The van der Waals surface area contributed by atoms with Gasteiger partial charge in [0.05, 0.1) is 14.2 Å². The van der Waals surface area contributed by atoms with Crippen LogP contribution in [0.2, 0.25) is 0 Å². The SMILES string of the molecule is COc1ccc(Cc2cccc(OC)c2C)cc1F. The summed E-state index contributed by atoms with van der Waals surface area (Å²) < 4.78 is 23.9. The van der Waals surface area contributed by atoms with Crippen LogP contribution in [0.3, 0.4) is 0 Å². The molecule has 0 aliphatic carbocycles. The summed E-state index contributed by atoms with van der Waals surface area (Å²) in [7, 11) is 3.11. The van der Waals surface area contributed by atoms with Gasteiger partial charge in [0.25, 0.3) is 0 Å². The third-order valence-electron chi connectivity index (χ3n) is 3.23. The molecule has 0 atom stereocenters. The zero-order valence-corrected chi connectivity index (χ0v) is 11.4. The van der Waals surface area contributed by atoms with Crippen LogP contribution >= 0.6 is 0 Å². The van der Waals surface area contributed by atoms with Gasteiger partial charge in [-0.15, -0.1) is 0 Å². The molecule has 0 saturated heterocycles. The van der Waals surface area contributed by atoms with E-state index in [9.17, 15) is 4.39 Å². The number of ether oxygens (including phenoxy) is 2. The van der Waals surface area contributed by atoms with Crippen LogP contribution in [0.25, 0.3) is 0 Å². The summed E-state index contributed by atoms with van der Waals surface area (Å²) >= 11 is 0. The summed E-state index contributed by atoms with van der Waals surface area (Å²) in [6, 6.07) is 10.9. The van der Waals surface area contributed by atoms with E-state index in [4.69, 9.17) is 9.47 Å². The number of halogens is 1. The van der Waals surface area contributed by atoms with Crippen LogP contribution < -0.4 is 9.47 Å². The van der Waals surface area contributed by atoms with Crippen LogP contribution in [-0.2, 0) is 6.42 Å². The monoisotopic (exact) mass is 260 g/mol. The smallest absolute Gasteiger partial charge is 0.165 e. The molecule has 0 unspecified atom stereocenters. The van der Waals surface area contributed by atoms with E-state index in [1.807, 2.05) is 31.2 Å². The topological polar surface area (TPSA) is 18.5 Å². The van der Waals surface area contributed by atoms with E-state index in [0.717, 1.165) is 22.4 Å². The van der Waals surface area contributed by atoms with Crippen molar-refractivity contribution in [1.29, 1.82) is 0 Å². The average molecular weight is 260 g/mol. The molecule has 0 aliphatic rings. The fourth-order valence-electron chi connectivity index (χ4n) is 2.11. The predicted molar refractivity (Wildman–Crippen MR) is 73.5 cm³/mol. The predicted octanol–water partition coefficient (Wildman–Crippen LogP) is 3.74. The molecular weight excluding hydrogens is 243 g/mol. The number of hydrogen-bond donors (Lipinski definition) is 0. The van der Waals surface area contributed by atoms with E-state index in [-0.39, 0.29) is 11.6 Å². The van der Waals surface area contributed by atoms with Crippen LogP contribution in [-0.4, -0.2) is 14.2 Å². The van der Waals surface area contributed by atoms with Gasteiger partial charge in [-0.2, -0.15) is 0 Å². The Bertz CT molecular complexity index is 579. The van der Waals surface area contributed by atoms with E-state index in [2.05, 4.69) is 0 Å². The molecule has 2 nitrogen and oxygen atoms in total. The van der Waals surface area contributed by atoms with Gasteiger partial charge in [-0.1, -0.05) is 18.2 Å². The Labute approximate surface area is 112 Å². The second kappa shape index (κ2) is 5.74. The van der Waals surface area contributed by atoms with Crippen LogP contribution in [0.1, 0.15) is 16.7 Å². The van der Waals surface area contributed by atoms with Gasteiger partial charge in [-0.3, -0.25) is 0 Å². The van der Waals surface area contributed by atoms with Gasteiger partial charge in [0.2, 0.25) is 0 Å². The van der Waals surface area contributed by atoms with Crippen molar-refractivity contribution in [3.05, 3.63) is 58.9 Å². The molecule has 0 bridgehead atoms. The second-order valence-corrected chi connectivity index (χ2v) is 4.39. The molecule has 3 heteroatoms. The van der Waals surface area contributed by atoms with Crippen molar-refractivity contribution in [2.75, 3.05) is 14.2 Å². The Hall–Kier alpha value is -2.03. The Balaban J connectivity index is 2.29. The summed E-state index contributed by atoms with van der Waals surface area (Å²) in [5.74, 6) is 0.790. The minimum atomic E-state index is -0.333. The number of rotatable bonds is 4. The summed E-state index contributed by atoms with van der Waals surface area (Å²) in [5, 5.41) is 0. The minimum Gasteiger partial charge on any atom is -0.496 e. The molecule has 0 radical (unpaired) electrons. The fraction of sp³-hybridized carbons (Fsp3) is 0.250. The lowest BCUT2D eigenvalue weighted by Crippen LogP contribution is -1.96. The number of methoxy groups -OCH3 is 2. The summed E-state index contributed by atoms with van der Waals surface area (Å²) in [5.41, 5.74) is 3.12. The van der Waals surface area contributed by atoms with Gasteiger partial charge in [0, 0.05) is 0 Å². The Morgan fingerprint density at radius 1 is 1.00 bits per heavy atom. The first-order chi connectivity index (χ1) is 9.15. The summed E-state index contributed by atoms with van der Waals surface area (Å²) in [6.07, 6.45) is 0.671. The molecule has 0 aromatic heterocycles. The van der Waals surface area contributed by atoms with Gasteiger partial charge in [0.15, 0.2) is 11.6 Å². The highest BCUT2D eigenvalue weighted by Crippen LogP contribution is 2.25. The first kappa shape index (κ1) is 13.4. The molecule has 2 aromatic rings. The maximum atomic E-state index is 13.6. The third-order valence-corrected chi connectivity index (χ3v) is 3.23. The molecule has 100 valence electrons. The molecule has 0 N–H and O–H groups in total. The van der Waals surface area contributed by atoms with Crippen molar-refractivity contribution < 1.29 is 13.9 Å². The first-order valence-electron chi connectivity index (χ1n) is 6.10. The van der Waals surface area contributed by atoms with Crippen LogP contribution in [0.5, 0.6) is 11.5 Å². The zero-order valence-electron chi connectivity index (χ0n) is 11.4. The lowest BCUT2D eigenvalue weighted by Gasteiger charge is -2.11.